The molecule has 0 aromatic carbocycles. The first kappa shape index (κ1) is 19.6. The lowest BCUT2D eigenvalue weighted by Crippen LogP contribution is -2.23. The Hall–Kier alpha value is -3.19. The van der Waals surface area contributed by atoms with Gasteiger partial charge in [-0.05, 0) is 18.6 Å². The van der Waals surface area contributed by atoms with E-state index in [1.54, 1.807) is 0 Å². The fraction of sp³-hybridized carbons (Fsp3) is 0.200. The quantitative estimate of drug-likeness (QED) is 0.325. The summed E-state index contributed by atoms with van der Waals surface area (Å²) < 4.78 is 4.95. The molecule has 13 heteroatoms. The number of thioether (sulfide) groups is 1. The SMILES string of the molecule is CCc1nnc(NC(=O)CSc2nc(N)c(NC(=O)c3ccco3)c(=O)[nH]2)s1. The van der Waals surface area contributed by atoms with Gasteiger partial charge in [0.05, 0.1) is 12.0 Å². The number of aryl methyl sites for hydroxylation is 1. The zero-order valence-electron chi connectivity index (χ0n) is 14.5. The summed E-state index contributed by atoms with van der Waals surface area (Å²) in [5.74, 6) is -1.14. The molecule has 0 atom stereocenters. The Labute approximate surface area is 166 Å². The normalized spacial score (nSPS) is 10.6. The van der Waals surface area contributed by atoms with Gasteiger partial charge in [0.25, 0.3) is 11.5 Å². The fourth-order valence-corrected chi connectivity index (χ4v) is 3.34. The molecule has 0 aliphatic carbocycles. The largest absolute Gasteiger partial charge is 0.459 e. The molecule has 0 saturated heterocycles. The number of furan rings is 1. The number of carbonyl (C=O) groups is 2. The van der Waals surface area contributed by atoms with Crippen LogP contribution in [0.1, 0.15) is 22.5 Å². The van der Waals surface area contributed by atoms with Gasteiger partial charge in [0.2, 0.25) is 11.0 Å². The molecular weight excluding hydrogens is 406 g/mol. The highest BCUT2D eigenvalue weighted by molar-refractivity contribution is 7.99. The number of carbonyl (C=O) groups excluding carboxylic acids is 2. The Morgan fingerprint density at radius 3 is 2.82 bits per heavy atom. The van der Waals surface area contributed by atoms with E-state index in [2.05, 4.69) is 30.8 Å². The molecule has 11 nitrogen and oxygen atoms in total. The van der Waals surface area contributed by atoms with Crippen molar-refractivity contribution >= 4 is 51.5 Å². The van der Waals surface area contributed by atoms with Gasteiger partial charge in [-0.3, -0.25) is 24.7 Å². The van der Waals surface area contributed by atoms with Crippen molar-refractivity contribution in [2.45, 2.75) is 18.5 Å². The van der Waals surface area contributed by atoms with Crippen LogP contribution in [0.15, 0.2) is 32.8 Å². The minimum atomic E-state index is -0.646. The van der Waals surface area contributed by atoms with Crippen molar-refractivity contribution in [1.29, 1.82) is 0 Å². The first-order valence-electron chi connectivity index (χ1n) is 7.96. The lowest BCUT2D eigenvalue weighted by atomic mass is 10.4. The van der Waals surface area contributed by atoms with Crippen molar-refractivity contribution in [1.82, 2.24) is 20.2 Å². The van der Waals surface area contributed by atoms with Crippen LogP contribution >= 0.6 is 23.1 Å². The van der Waals surface area contributed by atoms with Gasteiger partial charge >= 0.3 is 0 Å². The summed E-state index contributed by atoms with van der Waals surface area (Å²) in [5.41, 5.74) is 4.92. The molecule has 0 fully saturated rings. The van der Waals surface area contributed by atoms with Crippen LogP contribution in [0.3, 0.4) is 0 Å². The number of hydrogen-bond acceptors (Lipinski definition) is 10. The maximum Gasteiger partial charge on any atom is 0.291 e. The van der Waals surface area contributed by atoms with Gasteiger partial charge in [-0.15, -0.1) is 10.2 Å². The number of nitrogens with one attached hydrogen (secondary N) is 3. The van der Waals surface area contributed by atoms with Gasteiger partial charge in [0.15, 0.2) is 22.4 Å². The van der Waals surface area contributed by atoms with E-state index in [-0.39, 0.29) is 34.1 Å². The van der Waals surface area contributed by atoms with E-state index in [1.807, 2.05) is 6.92 Å². The second kappa shape index (κ2) is 8.67. The number of rotatable bonds is 7. The molecule has 3 heterocycles. The lowest BCUT2D eigenvalue weighted by molar-refractivity contribution is -0.113. The number of nitrogen functional groups attached to an aromatic ring is 1. The Morgan fingerprint density at radius 2 is 2.18 bits per heavy atom. The number of anilines is 3. The molecule has 146 valence electrons. The third-order valence-electron chi connectivity index (χ3n) is 3.26. The highest BCUT2D eigenvalue weighted by atomic mass is 32.2. The van der Waals surface area contributed by atoms with Gasteiger partial charge in [-0.1, -0.05) is 30.0 Å². The van der Waals surface area contributed by atoms with Crippen LogP contribution in [0.25, 0.3) is 0 Å². The van der Waals surface area contributed by atoms with E-state index in [1.165, 1.54) is 29.7 Å². The molecule has 0 aliphatic heterocycles. The molecule has 3 aromatic rings. The monoisotopic (exact) mass is 421 g/mol. The fourth-order valence-electron chi connectivity index (χ4n) is 1.98. The van der Waals surface area contributed by atoms with Crippen LogP contribution < -0.4 is 21.9 Å². The third-order valence-corrected chi connectivity index (χ3v) is 5.12. The Morgan fingerprint density at radius 1 is 1.36 bits per heavy atom. The number of hydrogen-bond donors (Lipinski definition) is 4. The van der Waals surface area contributed by atoms with Gasteiger partial charge < -0.3 is 15.5 Å². The maximum absolute atomic E-state index is 12.2. The van der Waals surface area contributed by atoms with E-state index in [0.29, 0.717) is 5.13 Å². The molecule has 5 N–H and O–H groups in total. The van der Waals surface area contributed by atoms with E-state index < -0.39 is 11.5 Å². The molecule has 0 saturated carbocycles. The lowest BCUT2D eigenvalue weighted by Gasteiger charge is -2.07. The minimum absolute atomic E-state index is 0.0248. The average Bonchev–Trinajstić information content (AvgIpc) is 3.34. The Kier molecular flexibility index (Phi) is 6.06. The number of amides is 2. The highest BCUT2D eigenvalue weighted by Gasteiger charge is 2.16. The summed E-state index contributed by atoms with van der Waals surface area (Å²) in [5, 5.41) is 14.1. The number of aromatic amines is 1. The Bertz CT molecular complexity index is 1050. The summed E-state index contributed by atoms with van der Waals surface area (Å²) in [6.07, 6.45) is 2.06. The summed E-state index contributed by atoms with van der Waals surface area (Å²) >= 11 is 2.27. The predicted molar refractivity (Wildman–Crippen MR) is 105 cm³/mol. The molecule has 0 bridgehead atoms. The van der Waals surface area contributed by atoms with Crippen molar-refractivity contribution in [3.05, 3.63) is 39.5 Å². The van der Waals surface area contributed by atoms with Crippen LogP contribution in [-0.4, -0.2) is 37.7 Å². The molecule has 0 unspecified atom stereocenters. The van der Waals surface area contributed by atoms with Crippen LogP contribution in [0.2, 0.25) is 0 Å². The highest BCUT2D eigenvalue weighted by Crippen LogP contribution is 2.19. The molecule has 3 aromatic heterocycles. The van der Waals surface area contributed by atoms with Gasteiger partial charge in [0, 0.05) is 0 Å². The smallest absolute Gasteiger partial charge is 0.291 e. The summed E-state index contributed by atoms with van der Waals surface area (Å²) in [7, 11) is 0. The second-order valence-electron chi connectivity index (χ2n) is 5.25. The molecule has 0 spiro atoms. The predicted octanol–water partition coefficient (Wildman–Crippen LogP) is 1.34. The molecule has 0 radical (unpaired) electrons. The number of nitrogens with two attached hydrogens (primary N) is 1. The van der Waals surface area contributed by atoms with E-state index in [0.717, 1.165) is 23.2 Å². The van der Waals surface area contributed by atoms with Crippen molar-refractivity contribution in [2.24, 2.45) is 0 Å². The van der Waals surface area contributed by atoms with Gasteiger partial charge in [0.1, 0.15) is 5.01 Å². The van der Waals surface area contributed by atoms with Gasteiger partial charge in [-0.25, -0.2) is 4.98 Å². The van der Waals surface area contributed by atoms with Crippen LogP contribution in [0.4, 0.5) is 16.6 Å². The van der Waals surface area contributed by atoms with E-state index in [9.17, 15) is 14.4 Å². The van der Waals surface area contributed by atoms with Crippen molar-refractivity contribution in [3.63, 3.8) is 0 Å². The first-order chi connectivity index (χ1) is 13.5. The van der Waals surface area contributed by atoms with Crippen LogP contribution in [-0.2, 0) is 11.2 Å². The summed E-state index contributed by atoms with van der Waals surface area (Å²) in [6.45, 7) is 1.94. The Balaban J connectivity index is 1.61. The molecular formula is C15H15N7O4S2. The molecule has 2 amide bonds. The number of aromatic nitrogens is 4. The zero-order chi connectivity index (χ0) is 20.1. The summed E-state index contributed by atoms with van der Waals surface area (Å²) in [6, 6.07) is 2.98. The van der Waals surface area contributed by atoms with Crippen molar-refractivity contribution < 1.29 is 14.0 Å². The molecule has 3 rings (SSSR count). The maximum atomic E-state index is 12.2. The van der Waals surface area contributed by atoms with Gasteiger partial charge in [-0.2, -0.15) is 0 Å². The van der Waals surface area contributed by atoms with Crippen molar-refractivity contribution in [3.8, 4) is 0 Å². The van der Waals surface area contributed by atoms with E-state index in [4.69, 9.17) is 10.2 Å². The van der Waals surface area contributed by atoms with Crippen molar-refractivity contribution in [2.75, 3.05) is 22.1 Å². The second-order valence-corrected chi connectivity index (χ2v) is 7.28. The average molecular weight is 421 g/mol. The van der Waals surface area contributed by atoms with Crippen LogP contribution in [0, 0.1) is 0 Å². The topological polar surface area (TPSA) is 169 Å². The first-order valence-corrected chi connectivity index (χ1v) is 9.76. The molecule has 0 aliphatic rings. The number of H-pyrrole nitrogens is 1. The van der Waals surface area contributed by atoms with E-state index >= 15 is 0 Å². The molecule has 28 heavy (non-hydrogen) atoms. The minimum Gasteiger partial charge on any atom is -0.459 e. The zero-order valence-corrected chi connectivity index (χ0v) is 16.1. The van der Waals surface area contributed by atoms with Crippen LogP contribution in [0.5, 0.6) is 0 Å². The third kappa shape index (κ3) is 4.75. The standard InChI is InChI=1S/C15H15N7O4S2/c1-2-9-21-22-15(28-9)17-8(23)6-27-14-19-11(16)10(13(25)20-14)18-12(24)7-4-3-5-26-7/h3-5H,2,6H2,1H3,(H,18,24)(H,17,22,23)(H3,16,19,20,25). The summed E-state index contributed by atoms with van der Waals surface area (Å²) in [4.78, 5) is 42.6. The number of nitrogens with zero attached hydrogens (tertiary/aromatic N) is 3.